The molecule has 13 N–H and O–H groups in total. The molecule has 2 aliphatic carbocycles. The van der Waals surface area contributed by atoms with Gasteiger partial charge in [0.1, 0.15) is 73.0 Å². The first-order chi connectivity index (χ1) is 58.8. The van der Waals surface area contributed by atoms with E-state index in [1.807, 2.05) is 0 Å². The molecule has 43 heteroatoms. The number of aliphatic imine (C=N–C) groups is 3. The van der Waals surface area contributed by atoms with Gasteiger partial charge in [0.25, 0.3) is 0 Å². The first kappa shape index (κ1) is 108. The van der Waals surface area contributed by atoms with E-state index in [9.17, 15) is 98.8 Å². The summed E-state index contributed by atoms with van der Waals surface area (Å²) < 4.78 is 157. The molecule has 6 amide bonds. The number of para-hydroxylation sites is 1. The zero-order chi connectivity index (χ0) is 93.0. The number of hydrogen-bond donors (Lipinski definition) is 10. The molecule has 0 aliphatic heterocycles. The minimum atomic E-state index is -4.09. The van der Waals surface area contributed by atoms with E-state index >= 15 is 0 Å². The molecule has 696 valence electrons. The minimum absolute atomic E-state index is 0.117. The molecule has 0 heterocycles. The number of sulfonamides is 3. The summed E-state index contributed by atoms with van der Waals surface area (Å²) in [6, 6.07) is 25.8. The Morgan fingerprint density at radius 3 is 1.08 bits per heavy atom. The fourth-order valence-corrected chi connectivity index (χ4v) is 19.6. The fraction of sp³-hybridized carbons (Fsp3) is 0.561. The maximum Gasteiger partial charge on any atom is 0.245 e. The molecule has 6 unspecified atom stereocenters. The number of anilines is 1. The van der Waals surface area contributed by atoms with Crippen LogP contribution in [0, 0.1) is 5.92 Å². The highest BCUT2D eigenvalue weighted by atomic mass is 32.2. The average molecular weight is 1870 g/mol. The highest BCUT2D eigenvalue weighted by Gasteiger charge is 2.38. The molecule has 125 heavy (non-hydrogen) atoms. The Morgan fingerprint density at radius 1 is 0.424 bits per heavy atom. The number of aliphatic hydroxyl groups is 1. The van der Waals surface area contributed by atoms with Gasteiger partial charge >= 0.3 is 0 Å². The van der Waals surface area contributed by atoms with E-state index in [2.05, 4.69) is 45.1 Å². The van der Waals surface area contributed by atoms with Crippen LogP contribution in [0.1, 0.15) is 153 Å². The predicted octanol–water partition coefficient (Wildman–Crippen LogP) is 1.83. The zero-order valence-electron chi connectivity index (χ0n) is 71.8. The summed E-state index contributed by atoms with van der Waals surface area (Å²) in [5.41, 5.74) is 18.3. The van der Waals surface area contributed by atoms with Crippen LogP contribution in [0.2, 0.25) is 0 Å². The van der Waals surface area contributed by atoms with Gasteiger partial charge < -0.3 is 67.3 Å². The second-order valence-corrected chi connectivity index (χ2v) is 43.4. The lowest BCUT2D eigenvalue weighted by atomic mass is 9.89. The number of nitrogens with one attached hydrogen (secondary N) is 6. The van der Waals surface area contributed by atoms with E-state index in [0.717, 1.165) is 55.8 Å². The van der Waals surface area contributed by atoms with Crippen LogP contribution in [-0.2, 0) is 120 Å². The molecule has 6 rings (SSSR count). The van der Waals surface area contributed by atoms with Crippen LogP contribution < -0.4 is 52.2 Å². The van der Waals surface area contributed by atoms with Crippen molar-refractivity contribution >= 4 is 137 Å². The Morgan fingerprint density at radius 2 is 0.744 bits per heavy atom. The van der Waals surface area contributed by atoms with Gasteiger partial charge in [-0.1, -0.05) is 128 Å². The summed E-state index contributed by atoms with van der Waals surface area (Å²) in [6.45, 7) is 4.91. The second-order valence-electron chi connectivity index (χ2n) is 31.3. The van der Waals surface area contributed by atoms with Crippen molar-refractivity contribution in [2.45, 2.75) is 202 Å². The largest absolute Gasteiger partial charge is 0.393 e. The van der Waals surface area contributed by atoms with Crippen molar-refractivity contribution in [3.05, 3.63) is 138 Å². The molecule has 4 aromatic rings. The van der Waals surface area contributed by atoms with E-state index in [1.54, 1.807) is 142 Å². The van der Waals surface area contributed by atoms with E-state index in [0.29, 0.717) is 137 Å². The quantitative estimate of drug-likeness (QED) is 0.0130. The van der Waals surface area contributed by atoms with E-state index < -0.39 is 198 Å². The lowest BCUT2D eigenvalue weighted by molar-refractivity contribution is -0.141. The Balaban J connectivity index is 0.000000393. The van der Waals surface area contributed by atoms with E-state index in [-0.39, 0.29) is 37.4 Å². The first-order valence-corrected chi connectivity index (χ1v) is 52.2. The van der Waals surface area contributed by atoms with Gasteiger partial charge in [-0.05, 0) is 152 Å². The minimum Gasteiger partial charge on any atom is -0.393 e. The predicted molar refractivity (Wildman–Crippen MR) is 481 cm³/mol. The lowest BCUT2D eigenvalue weighted by Gasteiger charge is -2.37. The van der Waals surface area contributed by atoms with Crippen molar-refractivity contribution in [2.24, 2.45) is 38.1 Å². The van der Waals surface area contributed by atoms with Crippen molar-refractivity contribution in [2.75, 3.05) is 86.7 Å². The standard InChI is InChI=1S/C28H45N5O7S2.C27H43N5O8S2.C27H37N5O7S2/c1-22(29)30-16-9-14-25(20-34)31-27(35)19-33(18-23-10-5-3-6-11-23)28(36)26(15-17-41(2,37)38)32-42(39,40)21-24-12-7-4-8-13-24;1-20(28)29-15-6-9-22(18-33)30-26(35)17-32(23-10-12-24(34)13-11-23)27(36)25(14-16-41(2,37)38)31-42(39,40)19-21-7-4-3-5-8-21;1-21(28)29-16-9-12-23(19-33)30-26(34)18-32(24-13-7-4-8-14-24)27(35)25(15-17-40(2,36)37)31-41(38,39)20-22-10-5-3-6-11-22/h4,7-8,12-13,20,23,25-26,32H,3,5-6,9-11,14-19,21H2,1-2H3,(H2,29,30)(H,31,35);3-5,7-8,18,22-25,31,34H,6,9-17,19H2,1-2H3,(H2,28,29)(H,30,35);3-8,10-11,13-14,19,23,25,31H,9,12,15-18,20H2,1-2H3,(H2,28,29)(H,30,34). The number of aliphatic hydroxyl groups excluding tert-OH is 1. The van der Waals surface area contributed by atoms with Gasteiger partial charge in [0.15, 0.2) is 0 Å². The van der Waals surface area contributed by atoms with Crippen molar-refractivity contribution in [3.63, 3.8) is 0 Å². The highest BCUT2D eigenvalue weighted by molar-refractivity contribution is 7.91. The summed E-state index contributed by atoms with van der Waals surface area (Å²) in [5.74, 6) is -5.36. The second kappa shape index (κ2) is 54.6. The summed E-state index contributed by atoms with van der Waals surface area (Å²) in [5, 5.41) is 17.8. The third kappa shape index (κ3) is 47.2. The smallest absolute Gasteiger partial charge is 0.245 e. The number of amidine groups is 3. The molecule has 2 aliphatic rings. The number of amides is 6. The molecule has 0 bridgehead atoms. The van der Waals surface area contributed by atoms with Crippen molar-refractivity contribution < 1.29 is 98.8 Å². The highest BCUT2D eigenvalue weighted by Crippen LogP contribution is 2.27. The number of nitrogens with two attached hydrogens (primary N) is 3. The Kier molecular flexibility index (Phi) is 47.2. The van der Waals surface area contributed by atoms with Gasteiger partial charge in [0.2, 0.25) is 65.5 Å². The number of carbonyl (C=O) groups is 9. The molecule has 0 saturated heterocycles. The first-order valence-electron chi connectivity index (χ1n) is 41.1. The van der Waals surface area contributed by atoms with Gasteiger partial charge in [-0.3, -0.25) is 43.7 Å². The summed E-state index contributed by atoms with van der Waals surface area (Å²) >= 11 is 0. The number of sulfone groups is 3. The molecular weight excluding hydrogens is 1740 g/mol. The topological polar surface area (TPSA) is 576 Å². The van der Waals surface area contributed by atoms with Gasteiger partial charge in [0.05, 0.1) is 89.3 Å². The summed E-state index contributed by atoms with van der Waals surface area (Å²) in [4.78, 5) is 131. The van der Waals surface area contributed by atoms with Gasteiger partial charge in [-0.2, -0.15) is 0 Å². The van der Waals surface area contributed by atoms with Crippen LogP contribution in [0.15, 0.2) is 136 Å². The number of nitrogens with zero attached hydrogens (tertiary/aromatic N) is 6. The monoisotopic (exact) mass is 1860 g/mol. The SMILES string of the molecule is CC(N)=NCCCC(C=O)NC(=O)CN(C(=O)C(CCS(C)(=O)=O)NS(=O)(=O)Cc1ccccc1)C1CCC(O)CC1.CC(N)=NCCCC(C=O)NC(=O)CN(C(=O)C(CCS(C)(=O)=O)NS(=O)(=O)Cc1ccccc1)c1ccccc1.CC(N)=NCCCC(C=O)NC(=O)CN(CC1CCCCC1)C(=O)C(CCS(C)(=O)=O)NS(=O)(=O)Cc1ccccc1. The molecule has 37 nitrogen and oxygen atoms in total. The number of hydrogen-bond acceptors (Lipinski definition) is 25. The molecule has 4 aromatic carbocycles. The molecule has 6 atom stereocenters. The fourth-order valence-electron chi connectivity index (χ4n) is 13.5. The zero-order valence-corrected chi connectivity index (χ0v) is 76.7. The Labute approximate surface area is 735 Å². The number of benzene rings is 4. The van der Waals surface area contributed by atoms with E-state index in [1.165, 1.54) is 9.80 Å². The lowest BCUT2D eigenvalue weighted by Crippen LogP contribution is -2.56. The Hall–Kier alpha value is -9.34. The maximum absolute atomic E-state index is 13.9. The Bertz CT molecular complexity index is 4910. The van der Waals surface area contributed by atoms with Crippen LogP contribution in [0.3, 0.4) is 0 Å². The third-order valence-electron chi connectivity index (χ3n) is 19.6. The van der Waals surface area contributed by atoms with Crippen LogP contribution in [-0.4, -0.2) is 267 Å². The van der Waals surface area contributed by atoms with Crippen LogP contribution in [0.5, 0.6) is 0 Å². The van der Waals surface area contributed by atoms with Gasteiger partial charge in [-0.25, -0.2) is 64.7 Å². The average Bonchev–Trinajstić information content (AvgIpc) is 0.829. The summed E-state index contributed by atoms with van der Waals surface area (Å²) in [7, 11) is -22.9. The molecular formula is C82H125N15O22S6. The number of aldehydes is 3. The van der Waals surface area contributed by atoms with E-state index in [4.69, 9.17) is 17.2 Å². The molecule has 0 radical (unpaired) electrons. The van der Waals surface area contributed by atoms with Gasteiger partial charge in [-0.15, -0.1) is 0 Å². The molecule has 2 fully saturated rings. The van der Waals surface area contributed by atoms with Crippen LogP contribution in [0.25, 0.3) is 0 Å². The maximum atomic E-state index is 13.9. The number of carbonyl (C=O) groups excluding carboxylic acids is 9. The molecule has 0 aromatic heterocycles. The molecule has 0 spiro atoms. The normalized spacial score (nSPS) is 16.5. The number of rotatable bonds is 52. The summed E-state index contributed by atoms with van der Waals surface area (Å²) in [6.07, 6.45) is 11.9. The third-order valence-corrected chi connectivity index (χ3v) is 26.6. The molecule has 2 saturated carbocycles. The van der Waals surface area contributed by atoms with Crippen molar-refractivity contribution in [1.29, 1.82) is 0 Å². The van der Waals surface area contributed by atoms with Gasteiger partial charge in [0, 0.05) is 56.7 Å². The van der Waals surface area contributed by atoms with Crippen molar-refractivity contribution in [3.8, 4) is 0 Å². The van der Waals surface area contributed by atoms with Crippen molar-refractivity contribution in [1.82, 2.24) is 39.9 Å². The van der Waals surface area contributed by atoms with Crippen LogP contribution in [0.4, 0.5) is 5.69 Å². The van der Waals surface area contributed by atoms with Crippen LogP contribution >= 0.6 is 0 Å².